The number of aromatic amines is 1. The average molecular weight is 239 g/mol. The van der Waals surface area contributed by atoms with Gasteiger partial charge in [-0.3, -0.25) is 4.72 Å². The molecule has 2 heterocycles. The highest BCUT2D eigenvalue weighted by Crippen LogP contribution is 2.10. The standard InChI is InChI=1S/C8H9N5O2S/c1-6-9-5-8(11-6)16(14,15)13-7-3-2-4-10-12-7/h2-5H,1H3,(H,9,11)(H,12,13). The van der Waals surface area contributed by atoms with E-state index in [4.69, 9.17) is 0 Å². The van der Waals surface area contributed by atoms with Gasteiger partial charge in [-0.2, -0.15) is 13.5 Å². The molecule has 0 atom stereocenters. The van der Waals surface area contributed by atoms with Gasteiger partial charge in [0, 0.05) is 6.20 Å². The van der Waals surface area contributed by atoms with Crippen LogP contribution in [0.1, 0.15) is 5.82 Å². The summed E-state index contributed by atoms with van der Waals surface area (Å²) in [7, 11) is -3.66. The third-order valence-electron chi connectivity index (χ3n) is 1.78. The predicted octanol–water partition coefficient (Wildman–Crippen LogP) is 0.309. The second-order valence-corrected chi connectivity index (χ2v) is 4.70. The normalized spacial score (nSPS) is 11.3. The Balaban J connectivity index is 2.28. The topological polar surface area (TPSA) is 101 Å². The van der Waals surface area contributed by atoms with Gasteiger partial charge in [-0.05, 0) is 19.1 Å². The number of H-pyrrole nitrogens is 1. The van der Waals surface area contributed by atoms with E-state index in [1.165, 1.54) is 18.5 Å². The molecule has 2 aromatic rings. The van der Waals surface area contributed by atoms with Gasteiger partial charge in [0.15, 0.2) is 10.8 Å². The van der Waals surface area contributed by atoms with Gasteiger partial charge >= 0.3 is 0 Å². The molecule has 0 spiro atoms. The van der Waals surface area contributed by atoms with Gasteiger partial charge in [0.1, 0.15) is 5.82 Å². The van der Waals surface area contributed by atoms with Crippen molar-refractivity contribution >= 4 is 15.8 Å². The first-order valence-corrected chi connectivity index (χ1v) is 5.88. The van der Waals surface area contributed by atoms with Crippen LogP contribution < -0.4 is 4.72 Å². The third kappa shape index (κ3) is 2.16. The molecule has 0 aromatic carbocycles. The molecule has 2 rings (SSSR count). The second-order valence-electron chi connectivity index (χ2n) is 3.05. The van der Waals surface area contributed by atoms with Gasteiger partial charge < -0.3 is 4.98 Å². The van der Waals surface area contributed by atoms with Crippen molar-refractivity contribution in [3.05, 3.63) is 30.4 Å². The summed E-state index contributed by atoms with van der Waals surface area (Å²) in [5, 5.41) is 7.18. The Bertz CT molecular complexity index is 577. The van der Waals surface area contributed by atoms with Crippen LogP contribution in [0.2, 0.25) is 0 Å². The Morgan fingerprint density at radius 2 is 2.25 bits per heavy atom. The van der Waals surface area contributed by atoms with E-state index in [1.807, 2.05) is 0 Å². The molecule has 84 valence electrons. The summed E-state index contributed by atoms with van der Waals surface area (Å²) in [6.45, 7) is 1.67. The zero-order chi connectivity index (χ0) is 11.6. The fraction of sp³-hybridized carbons (Fsp3) is 0.125. The van der Waals surface area contributed by atoms with Crippen molar-refractivity contribution in [1.29, 1.82) is 0 Å². The Kier molecular flexibility index (Phi) is 2.57. The lowest BCUT2D eigenvalue weighted by molar-refractivity contribution is 0.597. The van der Waals surface area contributed by atoms with E-state index < -0.39 is 10.0 Å². The quantitative estimate of drug-likeness (QED) is 0.802. The molecule has 0 saturated carbocycles. The number of nitrogens with zero attached hydrogens (tertiary/aromatic N) is 3. The molecular weight excluding hydrogens is 230 g/mol. The zero-order valence-electron chi connectivity index (χ0n) is 8.38. The molecule has 0 aliphatic heterocycles. The van der Waals surface area contributed by atoms with Crippen LogP contribution in [0.15, 0.2) is 29.6 Å². The molecule has 0 saturated heterocycles. The van der Waals surface area contributed by atoms with Gasteiger partial charge in [-0.25, -0.2) is 4.98 Å². The minimum atomic E-state index is -3.66. The number of sulfonamides is 1. The van der Waals surface area contributed by atoms with E-state index >= 15 is 0 Å². The van der Waals surface area contributed by atoms with Crippen molar-refractivity contribution in [3.8, 4) is 0 Å². The number of rotatable bonds is 3. The smallest absolute Gasteiger partial charge is 0.280 e. The largest absolute Gasteiger partial charge is 0.332 e. The van der Waals surface area contributed by atoms with Crippen LogP contribution in [0.25, 0.3) is 0 Å². The van der Waals surface area contributed by atoms with Gasteiger partial charge in [0.25, 0.3) is 10.0 Å². The minimum Gasteiger partial charge on any atom is -0.332 e. The highest BCUT2D eigenvalue weighted by atomic mass is 32.2. The van der Waals surface area contributed by atoms with E-state index in [-0.39, 0.29) is 10.8 Å². The van der Waals surface area contributed by atoms with Crippen molar-refractivity contribution in [2.75, 3.05) is 4.72 Å². The summed E-state index contributed by atoms with van der Waals surface area (Å²) in [5.74, 6) is 0.689. The van der Waals surface area contributed by atoms with E-state index in [0.29, 0.717) is 5.82 Å². The number of imidazole rings is 1. The fourth-order valence-electron chi connectivity index (χ4n) is 1.08. The zero-order valence-corrected chi connectivity index (χ0v) is 9.19. The summed E-state index contributed by atoms with van der Waals surface area (Å²) in [4.78, 5) is 6.44. The highest BCUT2D eigenvalue weighted by Gasteiger charge is 2.16. The molecule has 7 nitrogen and oxygen atoms in total. The maximum atomic E-state index is 11.8. The van der Waals surface area contributed by atoms with E-state index in [9.17, 15) is 8.42 Å². The molecule has 0 bridgehead atoms. The highest BCUT2D eigenvalue weighted by molar-refractivity contribution is 7.92. The van der Waals surface area contributed by atoms with Gasteiger partial charge in [-0.15, -0.1) is 5.10 Å². The summed E-state index contributed by atoms with van der Waals surface area (Å²) < 4.78 is 25.8. The molecule has 2 N–H and O–H groups in total. The van der Waals surface area contributed by atoms with Crippen LogP contribution >= 0.6 is 0 Å². The van der Waals surface area contributed by atoms with Crippen LogP contribution in [0, 0.1) is 6.92 Å². The molecule has 16 heavy (non-hydrogen) atoms. The molecule has 0 aliphatic rings. The van der Waals surface area contributed by atoms with Crippen LogP contribution in [0.4, 0.5) is 5.82 Å². The van der Waals surface area contributed by atoms with E-state index in [1.54, 1.807) is 13.0 Å². The summed E-state index contributed by atoms with van der Waals surface area (Å²) in [6, 6.07) is 3.09. The van der Waals surface area contributed by atoms with E-state index in [0.717, 1.165) is 0 Å². The van der Waals surface area contributed by atoms with Crippen molar-refractivity contribution in [2.24, 2.45) is 0 Å². The number of aromatic nitrogens is 4. The summed E-state index contributed by atoms with van der Waals surface area (Å²) in [6.07, 6.45) is 2.70. The lowest BCUT2D eigenvalue weighted by Crippen LogP contribution is -2.14. The number of anilines is 1. The molecule has 8 heteroatoms. The van der Waals surface area contributed by atoms with Crippen molar-refractivity contribution in [2.45, 2.75) is 11.9 Å². The Labute approximate surface area is 92.0 Å². The van der Waals surface area contributed by atoms with Gasteiger partial charge in [0.2, 0.25) is 0 Å². The Hall–Kier alpha value is -1.96. The van der Waals surface area contributed by atoms with Crippen LogP contribution in [-0.2, 0) is 10.0 Å². The maximum absolute atomic E-state index is 11.8. The molecule has 0 fully saturated rings. The Morgan fingerprint density at radius 3 is 2.81 bits per heavy atom. The lowest BCUT2D eigenvalue weighted by Gasteiger charge is -2.03. The minimum absolute atomic E-state index is 0.00402. The molecule has 0 amide bonds. The molecular formula is C8H9N5O2S. The average Bonchev–Trinajstić information content (AvgIpc) is 2.66. The Morgan fingerprint density at radius 1 is 1.44 bits per heavy atom. The second kappa shape index (κ2) is 3.89. The van der Waals surface area contributed by atoms with Gasteiger partial charge in [0.05, 0.1) is 6.20 Å². The first-order chi connectivity index (χ1) is 7.58. The molecule has 0 unspecified atom stereocenters. The molecule has 2 aromatic heterocycles. The van der Waals surface area contributed by atoms with Crippen molar-refractivity contribution in [1.82, 2.24) is 20.2 Å². The van der Waals surface area contributed by atoms with Crippen molar-refractivity contribution < 1.29 is 8.42 Å². The van der Waals surface area contributed by atoms with Crippen LogP contribution in [0.5, 0.6) is 0 Å². The number of nitrogens with one attached hydrogen (secondary N) is 2. The summed E-state index contributed by atoms with van der Waals surface area (Å²) >= 11 is 0. The lowest BCUT2D eigenvalue weighted by atomic mass is 10.6. The number of hydrogen-bond acceptors (Lipinski definition) is 5. The monoisotopic (exact) mass is 239 g/mol. The van der Waals surface area contributed by atoms with Gasteiger partial charge in [-0.1, -0.05) is 0 Å². The maximum Gasteiger partial charge on any atom is 0.280 e. The van der Waals surface area contributed by atoms with Crippen LogP contribution in [-0.4, -0.2) is 28.6 Å². The van der Waals surface area contributed by atoms with E-state index in [2.05, 4.69) is 24.9 Å². The van der Waals surface area contributed by atoms with Crippen LogP contribution in [0.3, 0.4) is 0 Å². The number of aryl methyl sites for hydroxylation is 1. The first-order valence-electron chi connectivity index (χ1n) is 4.40. The fourth-order valence-corrected chi connectivity index (χ4v) is 2.05. The first kappa shape index (κ1) is 10.6. The molecule has 0 radical (unpaired) electrons. The predicted molar refractivity (Wildman–Crippen MR) is 56.2 cm³/mol. The number of hydrogen-bond donors (Lipinski definition) is 2. The van der Waals surface area contributed by atoms with Crippen molar-refractivity contribution in [3.63, 3.8) is 0 Å². The molecule has 0 aliphatic carbocycles. The summed E-state index contributed by atoms with van der Waals surface area (Å²) in [5.41, 5.74) is 0. The third-order valence-corrected chi connectivity index (χ3v) is 3.04. The SMILES string of the molecule is Cc1ncc(S(=O)(=O)Nc2cccnn2)[nH]1.